The molecule has 0 amide bonds. The quantitative estimate of drug-likeness (QED) is 0.476. The molecule has 0 saturated heterocycles. The third-order valence-electron chi connectivity index (χ3n) is 3.14. The van der Waals surface area contributed by atoms with E-state index in [2.05, 4.69) is 0 Å². The van der Waals surface area contributed by atoms with Gasteiger partial charge >= 0.3 is 34.1 Å². The van der Waals surface area contributed by atoms with Crippen LogP contribution in [-0.2, 0) is 0 Å². The van der Waals surface area contributed by atoms with Crippen molar-refractivity contribution in [2.75, 3.05) is 0 Å². The van der Waals surface area contributed by atoms with Crippen LogP contribution >= 0.6 is 0 Å². The summed E-state index contributed by atoms with van der Waals surface area (Å²) in [4.78, 5) is 56.0. The molecule has 0 heterocycles. The van der Waals surface area contributed by atoms with Crippen molar-refractivity contribution in [2.24, 2.45) is 0 Å². The fourth-order valence-electron chi connectivity index (χ4n) is 2.00. The molecule has 0 N–H and O–H groups in total. The number of hydrogen-bond donors (Lipinski definition) is 0. The molecule has 18 heteroatoms. The Morgan fingerprint density at radius 1 is 0.400 bits per heavy atom. The van der Waals surface area contributed by atoms with Crippen LogP contribution < -0.4 is 0 Å². The van der Waals surface area contributed by atoms with Gasteiger partial charge in [0.15, 0.2) is 0 Å². The summed E-state index contributed by atoms with van der Waals surface area (Å²) in [5.41, 5.74) is -5.79. The van der Waals surface area contributed by atoms with Gasteiger partial charge in [-0.2, -0.15) is 0 Å². The highest BCUT2D eigenvalue weighted by atomic mass is 16.7. The number of benzene rings is 2. The maximum atomic E-state index is 10.4. The summed E-state index contributed by atoms with van der Waals surface area (Å²) in [6.45, 7) is 0. The number of para-hydroxylation sites is 2. The number of nitro groups is 6. The van der Waals surface area contributed by atoms with E-state index in [-0.39, 0.29) is 0 Å². The minimum absolute atomic E-state index is 0.838. The zero-order valence-corrected chi connectivity index (χ0v) is 14.0. The van der Waals surface area contributed by atoms with Crippen LogP contribution in [0.1, 0.15) is 0 Å². The van der Waals surface area contributed by atoms with Crippen LogP contribution in [0.3, 0.4) is 0 Å². The van der Waals surface area contributed by atoms with Crippen LogP contribution in [0.15, 0.2) is 36.4 Å². The van der Waals surface area contributed by atoms with Gasteiger partial charge in [0.1, 0.15) is 0 Å². The van der Waals surface area contributed by atoms with Gasteiger partial charge < -0.3 is 0 Å². The van der Waals surface area contributed by atoms with E-state index in [9.17, 15) is 60.7 Å². The van der Waals surface area contributed by atoms with E-state index in [0.29, 0.717) is 0 Å². The molecule has 0 aliphatic rings. The van der Waals surface area contributed by atoms with Crippen molar-refractivity contribution >= 4 is 34.1 Å². The molecule has 0 aliphatic heterocycles. The topological polar surface area (TPSA) is 259 Å². The third-order valence-corrected chi connectivity index (χ3v) is 3.14. The summed E-state index contributed by atoms with van der Waals surface area (Å²) in [6.07, 6.45) is 0. The Morgan fingerprint density at radius 3 is 0.733 bits per heavy atom. The molecule has 2 rings (SSSR count). The van der Waals surface area contributed by atoms with E-state index in [1.807, 2.05) is 0 Å². The van der Waals surface area contributed by atoms with Gasteiger partial charge in [0.25, 0.3) is 0 Å². The van der Waals surface area contributed by atoms with Crippen molar-refractivity contribution in [3.63, 3.8) is 0 Å². The average Bonchev–Trinajstić information content (AvgIpc) is 2.66. The van der Waals surface area contributed by atoms with Gasteiger partial charge in [-0.25, -0.2) is 0 Å². The molecule has 0 radical (unpaired) electrons. The molecule has 18 nitrogen and oxygen atoms in total. The van der Waals surface area contributed by atoms with Crippen molar-refractivity contribution in [1.82, 2.24) is 0 Å². The standard InChI is InChI=1S/2C6H3N3O6/c2*10-7(11)4-2-1-3-5(8(12)13)6(4)9(14)15/h2*1-3H. The van der Waals surface area contributed by atoms with E-state index in [4.69, 9.17) is 0 Å². The lowest BCUT2D eigenvalue weighted by molar-refractivity contribution is -0.441. The van der Waals surface area contributed by atoms with Crippen LogP contribution in [-0.4, -0.2) is 29.5 Å². The molecule has 0 fully saturated rings. The number of hydrogen-bond acceptors (Lipinski definition) is 12. The first-order chi connectivity index (χ1) is 13.9. The van der Waals surface area contributed by atoms with Crippen molar-refractivity contribution in [1.29, 1.82) is 0 Å². The molecule has 0 unspecified atom stereocenters. The molecule has 0 spiro atoms. The van der Waals surface area contributed by atoms with Gasteiger partial charge in [-0.05, 0) is 12.1 Å². The molecular weight excluding hydrogens is 420 g/mol. The highest BCUT2D eigenvalue weighted by Crippen LogP contribution is 2.36. The number of nitro benzene ring substituents is 6. The van der Waals surface area contributed by atoms with Crippen LogP contribution in [0.5, 0.6) is 0 Å². The Labute approximate surface area is 161 Å². The fraction of sp³-hybridized carbons (Fsp3) is 0. The first-order valence-corrected chi connectivity index (χ1v) is 7.02. The first kappa shape index (κ1) is 22.9. The highest BCUT2D eigenvalue weighted by Gasteiger charge is 2.35. The monoisotopic (exact) mass is 426 g/mol. The van der Waals surface area contributed by atoms with Crippen molar-refractivity contribution in [2.45, 2.75) is 0 Å². The molecule has 156 valence electrons. The fourth-order valence-corrected chi connectivity index (χ4v) is 2.00. The van der Waals surface area contributed by atoms with E-state index in [1.165, 1.54) is 0 Å². The van der Waals surface area contributed by atoms with Gasteiger partial charge in [-0.15, -0.1) is 0 Å². The predicted octanol–water partition coefficient (Wildman–Crippen LogP) is 2.82. The molecule has 0 bridgehead atoms. The maximum Gasteiger partial charge on any atom is 0.422 e. The number of nitrogens with zero attached hydrogens (tertiary/aromatic N) is 6. The Balaban J connectivity index is 0.000000300. The summed E-state index contributed by atoms with van der Waals surface area (Å²) >= 11 is 0. The van der Waals surface area contributed by atoms with Gasteiger partial charge in [-0.3, -0.25) is 60.7 Å². The normalized spacial score (nSPS) is 9.60. The number of rotatable bonds is 6. The molecule has 0 saturated carbocycles. The van der Waals surface area contributed by atoms with Gasteiger partial charge in [0, 0.05) is 24.3 Å². The Bertz CT molecular complexity index is 933. The second-order valence-electron chi connectivity index (χ2n) is 4.83. The Kier molecular flexibility index (Phi) is 6.99. The van der Waals surface area contributed by atoms with Gasteiger partial charge in [-0.1, -0.05) is 0 Å². The summed E-state index contributed by atoms with van der Waals surface area (Å²) in [5.74, 6) is 0. The lowest BCUT2D eigenvalue weighted by Crippen LogP contribution is -2.00. The van der Waals surface area contributed by atoms with Gasteiger partial charge in [0.2, 0.25) is 0 Å². The predicted molar refractivity (Wildman–Crippen MR) is 92.8 cm³/mol. The van der Waals surface area contributed by atoms with Crippen molar-refractivity contribution in [3.8, 4) is 0 Å². The van der Waals surface area contributed by atoms with Crippen molar-refractivity contribution < 1.29 is 29.5 Å². The van der Waals surface area contributed by atoms with E-state index in [0.717, 1.165) is 36.4 Å². The minimum atomic E-state index is -1.14. The lowest BCUT2D eigenvalue weighted by Gasteiger charge is -1.95. The molecular formula is C12H6N6O12. The lowest BCUT2D eigenvalue weighted by atomic mass is 10.2. The summed E-state index contributed by atoms with van der Waals surface area (Å²) in [7, 11) is 0. The van der Waals surface area contributed by atoms with Gasteiger partial charge in [0.05, 0.1) is 29.5 Å². The van der Waals surface area contributed by atoms with Crippen LogP contribution in [0.4, 0.5) is 34.1 Å². The highest BCUT2D eigenvalue weighted by molar-refractivity contribution is 5.66. The first-order valence-electron chi connectivity index (χ1n) is 7.02. The SMILES string of the molecule is O=[N+]([O-])c1cccc([N+](=O)[O-])c1[N+](=O)[O-].O=[N+]([O-])c1cccc([N+](=O)[O-])c1[N+](=O)[O-]. The van der Waals surface area contributed by atoms with Crippen LogP contribution in [0, 0.1) is 60.7 Å². The summed E-state index contributed by atoms with van der Waals surface area (Å²) in [5, 5.41) is 62.4. The smallest absolute Gasteiger partial charge is 0.258 e. The van der Waals surface area contributed by atoms with Crippen LogP contribution in [0.25, 0.3) is 0 Å². The molecule has 0 aromatic heterocycles. The minimum Gasteiger partial charge on any atom is -0.258 e. The molecule has 30 heavy (non-hydrogen) atoms. The molecule has 0 atom stereocenters. The summed E-state index contributed by atoms with van der Waals surface area (Å²) < 4.78 is 0. The third kappa shape index (κ3) is 4.97. The van der Waals surface area contributed by atoms with E-state index >= 15 is 0 Å². The largest absolute Gasteiger partial charge is 0.422 e. The Hall–Kier alpha value is -5.16. The Morgan fingerprint density at radius 2 is 0.600 bits per heavy atom. The second kappa shape index (κ2) is 9.16. The molecule has 2 aromatic rings. The maximum absolute atomic E-state index is 10.4. The van der Waals surface area contributed by atoms with Crippen LogP contribution in [0.2, 0.25) is 0 Å². The molecule has 0 aliphatic carbocycles. The van der Waals surface area contributed by atoms with Crippen molar-refractivity contribution in [3.05, 3.63) is 97.1 Å². The van der Waals surface area contributed by atoms with E-state index in [1.54, 1.807) is 0 Å². The van der Waals surface area contributed by atoms with E-state index < -0.39 is 63.7 Å². The average molecular weight is 426 g/mol. The second-order valence-corrected chi connectivity index (χ2v) is 4.83. The zero-order chi connectivity index (χ0) is 23.2. The molecule has 2 aromatic carbocycles. The summed E-state index contributed by atoms with van der Waals surface area (Å²) in [6, 6.07) is 5.39. The zero-order valence-electron chi connectivity index (χ0n) is 14.0.